The van der Waals surface area contributed by atoms with Crippen molar-refractivity contribution in [3.05, 3.63) is 35.4 Å². The highest BCUT2D eigenvalue weighted by atomic mass is 16.5. The van der Waals surface area contributed by atoms with Gasteiger partial charge < -0.3 is 15.0 Å². The Bertz CT molecular complexity index is 575. The molecule has 0 radical (unpaired) electrons. The minimum atomic E-state index is -0.130. The quantitative estimate of drug-likeness (QED) is 0.829. The number of aromatic amines is 1. The summed E-state index contributed by atoms with van der Waals surface area (Å²) in [5.41, 5.74) is 2.45. The Balaban J connectivity index is 1.56. The van der Waals surface area contributed by atoms with Crippen LogP contribution in [0.25, 0.3) is 0 Å². The lowest BCUT2D eigenvalue weighted by atomic mass is 10.2. The van der Waals surface area contributed by atoms with Crippen LogP contribution in [0.2, 0.25) is 0 Å². The van der Waals surface area contributed by atoms with Gasteiger partial charge in [-0.25, -0.2) is 4.68 Å². The Morgan fingerprint density at radius 1 is 1.68 bits per heavy atom. The van der Waals surface area contributed by atoms with Crippen LogP contribution in [0.4, 0.5) is 0 Å². The third kappa shape index (κ3) is 2.37. The van der Waals surface area contributed by atoms with Gasteiger partial charge in [0.2, 0.25) is 0 Å². The Morgan fingerprint density at radius 3 is 3.37 bits per heavy atom. The molecule has 1 aliphatic heterocycles. The third-order valence-corrected chi connectivity index (χ3v) is 3.20. The molecule has 19 heavy (non-hydrogen) atoms. The summed E-state index contributed by atoms with van der Waals surface area (Å²) < 4.78 is 7.52. The highest BCUT2D eigenvalue weighted by molar-refractivity contribution is 5.92. The molecule has 3 rings (SSSR count). The zero-order chi connectivity index (χ0) is 13.2. The van der Waals surface area contributed by atoms with Gasteiger partial charge in [-0.1, -0.05) is 5.21 Å². The SMILES string of the molecule is Cc1nnn2c1COC(CNC(=O)c1ccc[nH]1)C2. The molecule has 2 aromatic rings. The van der Waals surface area contributed by atoms with E-state index in [9.17, 15) is 4.79 Å². The Kier molecular flexibility index (Phi) is 3.04. The topological polar surface area (TPSA) is 84.8 Å². The van der Waals surface area contributed by atoms with E-state index in [0.29, 0.717) is 25.4 Å². The van der Waals surface area contributed by atoms with Crippen LogP contribution in [-0.2, 0) is 17.9 Å². The van der Waals surface area contributed by atoms with Crippen molar-refractivity contribution in [3.63, 3.8) is 0 Å². The lowest BCUT2D eigenvalue weighted by Crippen LogP contribution is -2.39. The number of nitrogens with one attached hydrogen (secondary N) is 2. The molecule has 7 heteroatoms. The summed E-state index contributed by atoms with van der Waals surface area (Å²) in [6.07, 6.45) is 1.64. The van der Waals surface area contributed by atoms with Gasteiger partial charge in [0.25, 0.3) is 5.91 Å². The fraction of sp³-hybridized carbons (Fsp3) is 0.417. The Hall–Kier alpha value is -2.15. The average Bonchev–Trinajstić information content (AvgIpc) is 3.06. The van der Waals surface area contributed by atoms with Crippen LogP contribution in [-0.4, -0.2) is 38.5 Å². The molecular formula is C12H15N5O2. The van der Waals surface area contributed by atoms with Crippen molar-refractivity contribution in [2.45, 2.75) is 26.2 Å². The van der Waals surface area contributed by atoms with Gasteiger partial charge >= 0.3 is 0 Å². The molecule has 0 aromatic carbocycles. The molecule has 2 aromatic heterocycles. The van der Waals surface area contributed by atoms with Crippen molar-refractivity contribution in [3.8, 4) is 0 Å². The van der Waals surface area contributed by atoms with E-state index in [-0.39, 0.29) is 12.0 Å². The van der Waals surface area contributed by atoms with Crippen LogP contribution < -0.4 is 5.32 Å². The van der Waals surface area contributed by atoms with Crippen molar-refractivity contribution in [1.29, 1.82) is 0 Å². The lowest BCUT2D eigenvalue weighted by Gasteiger charge is -2.24. The van der Waals surface area contributed by atoms with Gasteiger partial charge in [0, 0.05) is 12.7 Å². The van der Waals surface area contributed by atoms with Gasteiger partial charge in [-0.15, -0.1) is 5.10 Å². The second-order valence-corrected chi connectivity index (χ2v) is 4.53. The number of ether oxygens (including phenoxy) is 1. The third-order valence-electron chi connectivity index (χ3n) is 3.20. The van der Waals surface area contributed by atoms with E-state index in [1.165, 1.54) is 0 Å². The predicted octanol–water partition coefficient (Wildman–Crippen LogP) is 0.243. The largest absolute Gasteiger partial charge is 0.368 e. The smallest absolute Gasteiger partial charge is 0.267 e. The highest BCUT2D eigenvalue weighted by Gasteiger charge is 2.22. The number of carbonyl (C=O) groups excluding carboxylic acids is 1. The molecule has 1 unspecified atom stereocenters. The summed E-state index contributed by atoms with van der Waals surface area (Å²) in [7, 11) is 0. The molecule has 3 heterocycles. The normalized spacial score (nSPS) is 18.1. The Morgan fingerprint density at radius 2 is 2.58 bits per heavy atom. The van der Waals surface area contributed by atoms with Gasteiger partial charge in [-0.3, -0.25) is 4.79 Å². The van der Waals surface area contributed by atoms with E-state index in [0.717, 1.165) is 11.4 Å². The number of hydrogen-bond acceptors (Lipinski definition) is 4. The van der Waals surface area contributed by atoms with Crippen molar-refractivity contribution < 1.29 is 9.53 Å². The number of fused-ring (bicyclic) bond motifs is 1. The molecule has 2 N–H and O–H groups in total. The monoisotopic (exact) mass is 261 g/mol. The summed E-state index contributed by atoms with van der Waals surface area (Å²) >= 11 is 0. The zero-order valence-corrected chi connectivity index (χ0v) is 10.6. The van der Waals surface area contributed by atoms with Crippen molar-refractivity contribution in [1.82, 2.24) is 25.3 Å². The number of H-pyrrole nitrogens is 1. The number of aryl methyl sites for hydroxylation is 1. The minimum Gasteiger partial charge on any atom is -0.368 e. The number of carbonyl (C=O) groups is 1. The van der Waals surface area contributed by atoms with Crippen LogP contribution in [0.1, 0.15) is 21.9 Å². The van der Waals surface area contributed by atoms with Crippen molar-refractivity contribution >= 4 is 5.91 Å². The van der Waals surface area contributed by atoms with E-state index in [4.69, 9.17) is 4.74 Å². The molecule has 7 nitrogen and oxygen atoms in total. The molecule has 0 saturated heterocycles. The highest BCUT2D eigenvalue weighted by Crippen LogP contribution is 2.14. The summed E-state index contributed by atoms with van der Waals surface area (Å²) in [6, 6.07) is 3.52. The number of hydrogen-bond donors (Lipinski definition) is 2. The molecule has 100 valence electrons. The van der Waals surface area contributed by atoms with Gasteiger partial charge in [-0.05, 0) is 19.1 Å². The second-order valence-electron chi connectivity index (χ2n) is 4.53. The van der Waals surface area contributed by atoms with Crippen LogP contribution in [0.3, 0.4) is 0 Å². The fourth-order valence-corrected chi connectivity index (χ4v) is 2.08. The van der Waals surface area contributed by atoms with Gasteiger partial charge in [0.05, 0.1) is 30.6 Å². The lowest BCUT2D eigenvalue weighted by molar-refractivity contribution is 0.00119. The van der Waals surface area contributed by atoms with Gasteiger partial charge in [-0.2, -0.15) is 0 Å². The molecule has 0 aliphatic carbocycles. The molecular weight excluding hydrogens is 246 g/mol. The van der Waals surface area contributed by atoms with E-state index in [2.05, 4.69) is 20.6 Å². The van der Waals surface area contributed by atoms with Gasteiger partial charge in [0.15, 0.2) is 0 Å². The summed E-state index contributed by atoms with van der Waals surface area (Å²) in [4.78, 5) is 14.6. The average molecular weight is 261 g/mol. The zero-order valence-electron chi connectivity index (χ0n) is 10.6. The summed E-state index contributed by atoms with van der Waals surface area (Å²) in [5, 5.41) is 10.9. The standard InChI is InChI=1S/C12H15N5O2/c1-8-11-7-19-9(6-17(11)16-15-8)5-14-12(18)10-3-2-4-13-10/h2-4,9,13H,5-7H2,1H3,(H,14,18). The molecule has 0 spiro atoms. The fourth-order valence-electron chi connectivity index (χ4n) is 2.08. The molecule has 1 amide bonds. The van der Waals surface area contributed by atoms with E-state index in [1.54, 1.807) is 18.3 Å². The molecule has 0 saturated carbocycles. The minimum absolute atomic E-state index is 0.0764. The molecule has 1 atom stereocenters. The van der Waals surface area contributed by atoms with Gasteiger partial charge in [0.1, 0.15) is 5.69 Å². The summed E-state index contributed by atoms with van der Waals surface area (Å²) in [6.45, 7) is 3.47. The van der Waals surface area contributed by atoms with E-state index >= 15 is 0 Å². The number of aromatic nitrogens is 4. The maximum atomic E-state index is 11.8. The van der Waals surface area contributed by atoms with Crippen LogP contribution >= 0.6 is 0 Å². The second kappa shape index (κ2) is 4.85. The number of nitrogens with zero attached hydrogens (tertiary/aromatic N) is 3. The first kappa shape index (κ1) is 11.9. The number of amides is 1. The van der Waals surface area contributed by atoms with Crippen molar-refractivity contribution in [2.75, 3.05) is 6.54 Å². The number of rotatable bonds is 3. The summed E-state index contributed by atoms with van der Waals surface area (Å²) in [5.74, 6) is -0.130. The van der Waals surface area contributed by atoms with E-state index < -0.39 is 0 Å². The maximum absolute atomic E-state index is 11.8. The Labute approximate surface area is 110 Å². The first-order chi connectivity index (χ1) is 9.24. The van der Waals surface area contributed by atoms with Crippen molar-refractivity contribution in [2.24, 2.45) is 0 Å². The van der Waals surface area contributed by atoms with Crippen LogP contribution in [0.15, 0.2) is 18.3 Å². The van der Waals surface area contributed by atoms with Crippen LogP contribution in [0, 0.1) is 6.92 Å². The van der Waals surface area contributed by atoms with Crippen LogP contribution in [0.5, 0.6) is 0 Å². The predicted molar refractivity (Wildman–Crippen MR) is 66.5 cm³/mol. The molecule has 0 fully saturated rings. The molecule has 1 aliphatic rings. The first-order valence-corrected chi connectivity index (χ1v) is 6.16. The maximum Gasteiger partial charge on any atom is 0.267 e. The molecule has 0 bridgehead atoms. The first-order valence-electron chi connectivity index (χ1n) is 6.16. The van der Waals surface area contributed by atoms with E-state index in [1.807, 2.05) is 11.6 Å².